The van der Waals surface area contributed by atoms with Gasteiger partial charge in [-0.3, -0.25) is 15.1 Å². The first-order valence-corrected chi connectivity index (χ1v) is 5.83. The Morgan fingerprint density at radius 2 is 2.11 bits per heavy atom. The lowest BCUT2D eigenvalue weighted by Gasteiger charge is -2.07. The monoisotopic (exact) mass is 258 g/mol. The zero-order chi connectivity index (χ0) is 13.8. The maximum Gasteiger partial charge on any atom is 0.277 e. The van der Waals surface area contributed by atoms with Crippen molar-refractivity contribution in [2.45, 2.75) is 20.4 Å². The Morgan fingerprint density at radius 1 is 1.32 bits per heavy atom. The SMILES string of the molecule is Cc1cnc(NCc2ncccc2C)cc1[N+](=O)[O-]. The summed E-state index contributed by atoms with van der Waals surface area (Å²) < 4.78 is 0. The molecule has 6 heteroatoms. The average molecular weight is 258 g/mol. The van der Waals surface area contributed by atoms with Crippen molar-refractivity contribution >= 4 is 11.5 Å². The summed E-state index contributed by atoms with van der Waals surface area (Å²) in [7, 11) is 0. The second-order valence-corrected chi connectivity index (χ2v) is 4.23. The number of anilines is 1. The van der Waals surface area contributed by atoms with Crippen molar-refractivity contribution in [1.82, 2.24) is 9.97 Å². The first kappa shape index (κ1) is 12.9. The van der Waals surface area contributed by atoms with Gasteiger partial charge >= 0.3 is 0 Å². The van der Waals surface area contributed by atoms with Gasteiger partial charge in [0.15, 0.2) is 0 Å². The molecule has 0 atom stereocenters. The smallest absolute Gasteiger partial charge is 0.277 e. The van der Waals surface area contributed by atoms with Crippen molar-refractivity contribution in [3.8, 4) is 0 Å². The van der Waals surface area contributed by atoms with E-state index in [1.54, 1.807) is 13.1 Å². The van der Waals surface area contributed by atoms with E-state index < -0.39 is 4.92 Å². The molecule has 2 heterocycles. The molecule has 2 aromatic rings. The molecule has 0 aliphatic heterocycles. The molecule has 0 aromatic carbocycles. The number of pyridine rings is 2. The van der Waals surface area contributed by atoms with E-state index in [0.717, 1.165) is 11.3 Å². The van der Waals surface area contributed by atoms with Crippen molar-refractivity contribution in [2.24, 2.45) is 0 Å². The standard InChI is InChI=1S/C13H14N4O2/c1-9-4-3-5-14-11(9)8-16-13-6-12(17(18)19)10(2)7-15-13/h3-7H,8H2,1-2H3,(H,15,16). The lowest BCUT2D eigenvalue weighted by Crippen LogP contribution is -2.05. The summed E-state index contributed by atoms with van der Waals surface area (Å²) in [5.74, 6) is 0.474. The van der Waals surface area contributed by atoms with E-state index >= 15 is 0 Å². The van der Waals surface area contributed by atoms with Gasteiger partial charge in [0.1, 0.15) is 5.82 Å². The van der Waals surface area contributed by atoms with Crippen LogP contribution in [0.3, 0.4) is 0 Å². The lowest BCUT2D eigenvalue weighted by molar-refractivity contribution is -0.385. The number of hydrogen-bond donors (Lipinski definition) is 1. The van der Waals surface area contributed by atoms with Crippen LogP contribution < -0.4 is 5.32 Å². The van der Waals surface area contributed by atoms with Gasteiger partial charge in [-0.05, 0) is 25.5 Å². The highest BCUT2D eigenvalue weighted by molar-refractivity contribution is 5.49. The third kappa shape index (κ3) is 3.04. The van der Waals surface area contributed by atoms with Crippen LogP contribution in [0.15, 0.2) is 30.6 Å². The third-order valence-corrected chi connectivity index (χ3v) is 2.83. The fraction of sp³-hybridized carbons (Fsp3) is 0.231. The summed E-state index contributed by atoms with van der Waals surface area (Å²) in [6.07, 6.45) is 3.21. The molecule has 0 bridgehead atoms. The zero-order valence-corrected chi connectivity index (χ0v) is 10.8. The first-order chi connectivity index (χ1) is 9.08. The fourth-order valence-corrected chi connectivity index (χ4v) is 1.68. The predicted molar refractivity (Wildman–Crippen MR) is 71.9 cm³/mol. The van der Waals surface area contributed by atoms with Gasteiger partial charge in [-0.2, -0.15) is 0 Å². The van der Waals surface area contributed by atoms with E-state index in [1.807, 2.05) is 19.1 Å². The van der Waals surface area contributed by atoms with Crippen molar-refractivity contribution in [3.05, 3.63) is 57.5 Å². The van der Waals surface area contributed by atoms with Crippen LogP contribution >= 0.6 is 0 Å². The van der Waals surface area contributed by atoms with E-state index in [9.17, 15) is 10.1 Å². The molecule has 6 nitrogen and oxygen atoms in total. The molecule has 98 valence electrons. The molecule has 0 saturated heterocycles. The van der Waals surface area contributed by atoms with Gasteiger partial charge in [-0.1, -0.05) is 6.07 Å². The number of hydrogen-bond acceptors (Lipinski definition) is 5. The maximum absolute atomic E-state index is 10.8. The average Bonchev–Trinajstić information content (AvgIpc) is 2.39. The molecule has 0 aliphatic carbocycles. The van der Waals surface area contributed by atoms with E-state index in [2.05, 4.69) is 15.3 Å². The summed E-state index contributed by atoms with van der Waals surface area (Å²) in [5, 5.41) is 13.9. The number of nitrogens with one attached hydrogen (secondary N) is 1. The Balaban J connectivity index is 2.14. The first-order valence-electron chi connectivity index (χ1n) is 5.83. The Bertz CT molecular complexity index is 613. The van der Waals surface area contributed by atoms with Crippen LogP contribution in [0.5, 0.6) is 0 Å². The van der Waals surface area contributed by atoms with Crippen molar-refractivity contribution in [3.63, 3.8) is 0 Å². The highest BCUT2D eigenvalue weighted by atomic mass is 16.6. The normalized spacial score (nSPS) is 10.2. The van der Waals surface area contributed by atoms with E-state index in [4.69, 9.17) is 0 Å². The summed E-state index contributed by atoms with van der Waals surface area (Å²) >= 11 is 0. The van der Waals surface area contributed by atoms with Gasteiger partial charge < -0.3 is 5.32 Å². The molecule has 0 unspecified atom stereocenters. The van der Waals surface area contributed by atoms with Gasteiger partial charge in [-0.15, -0.1) is 0 Å². The van der Waals surface area contributed by atoms with Crippen molar-refractivity contribution in [1.29, 1.82) is 0 Å². The topological polar surface area (TPSA) is 81.0 Å². The number of aromatic nitrogens is 2. The molecule has 1 N–H and O–H groups in total. The van der Waals surface area contributed by atoms with Crippen LogP contribution in [0, 0.1) is 24.0 Å². The Hall–Kier alpha value is -2.50. The van der Waals surface area contributed by atoms with Crippen LogP contribution in [0.2, 0.25) is 0 Å². The van der Waals surface area contributed by atoms with Gasteiger partial charge in [0, 0.05) is 18.0 Å². The highest BCUT2D eigenvalue weighted by Gasteiger charge is 2.12. The van der Waals surface area contributed by atoms with Crippen LogP contribution in [-0.2, 0) is 6.54 Å². The van der Waals surface area contributed by atoms with Crippen LogP contribution in [0.4, 0.5) is 11.5 Å². The van der Waals surface area contributed by atoms with E-state index in [-0.39, 0.29) is 5.69 Å². The minimum atomic E-state index is -0.409. The molecule has 0 aliphatic rings. The van der Waals surface area contributed by atoms with Crippen LogP contribution in [0.25, 0.3) is 0 Å². The second kappa shape index (κ2) is 5.43. The van der Waals surface area contributed by atoms with Gasteiger partial charge in [0.2, 0.25) is 0 Å². The highest BCUT2D eigenvalue weighted by Crippen LogP contribution is 2.20. The van der Waals surface area contributed by atoms with Crippen molar-refractivity contribution < 1.29 is 4.92 Å². The Morgan fingerprint density at radius 3 is 2.79 bits per heavy atom. The van der Waals surface area contributed by atoms with Crippen molar-refractivity contribution in [2.75, 3.05) is 5.32 Å². The zero-order valence-electron chi connectivity index (χ0n) is 10.8. The summed E-state index contributed by atoms with van der Waals surface area (Å²) in [4.78, 5) is 18.8. The largest absolute Gasteiger partial charge is 0.364 e. The molecular formula is C13H14N4O2. The fourth-order valence-electron chi connectivity index (χ4n) is 1.68. The Kier molecular flexibility index (Phi) is 3.70. The van der Waals surface area contributed by atoms with Gasteiger partial charge in [0.25, 0.3) is 5.69 Å². The lowest BCUT2D eigenvalue weighted by atomic mass is 10.2. The number of nitrogens with zero attached hydrogens (tertiary/aromatic N) is 3. The minimum Gasteiger partial charge on any atom is -0.364 e. The molecule has 2 rings (SSSR count). The van der Waals surface area contributed by atoms with Crippen LogP contribution in [0.1, 0.15) is 16.8 Å². The molecule has 0 amide bonds. The molecular weight excluding hydrogens is 244 g/mol. The molecule has 0 fully saturated rings. The quantitative estimate of drug-likeness (QED) is 0.673. The molecule has 0 radical (unpaired) electrons. The molecule has 2 aromatic heterocycles. The predicted octanol–water partition coefficient (Wildman–Crippen LogP) is 2.61. The third-order valence-electron chi connectivity index (χ3n) is 2.83. The maximum atomic E-state index is 10.8. The number of rotatable bonds is 4. The second-order valence-electron chi connectivity index (χ2n) is 4.23. The summed E-state index contributed by atoms with van der Waals surface area (Å²) in [5.41, 5.74) is 2.57. The summed E-state index contributed by atoms with van der Waals surface area (Å²) in [6, 6.07) is 5.27. The summed E-state index contributed by atoms with van der Waals surface area (Å²) in [6.45, 7) is 4.12. The van der Waals surface area contributed by atoms with Crippen LogP contribution in [-0.4, -0.2) is 14.9 Å². The van der Waals surface area contributed by atoms with E-state index in [0.29, 0.717) is 17.9 Å². The minimum absolute atomic E-state index is 0.0650. The molecule has 0 saturated carbocycles. The Labute approximate surface area is 110 Å². The molecule has 0 spiro atoms. The van der Waals surface area contributed by atoms with E-state index in [1.165, 1.54) is 12.3 Å². The van der Waals surface area contributed by atoms with Gasteiger partial charge in [-0.25, -0.2) is 4.98 Å². The molecule has 19 heavy (non-hydrogen) atoms. The number of nitro groups is 1. The number of aryl methyl sites for hydroxylation is 2. The van der Waals surface area contributed by atoms with Gasteiger partial charge in [0.05, 0.1) is 23.2 Å².